The lowest BCUT2D eigenvalue weighted by Crippen LogP contribution is -2.30. The van der Waals surface area contributed by atoms with Gasteiger partial charge in [-0.25, -0.2) is 0 Å². The number of benzene rings is 1. The van der Waals surface area contributed by atoms with Crippen molar-refractivity contribution in [1.29, 1.82) is 0 Å². The van der Waals surface area contributed by atoms with Crippen LogP contribution in [0.1, 0.15) is 23.1 Å². The van der Waals surface area contributed by atoms with Gasteiger partial charge in [-0.1, -0.05) is 29.4 Å². The van der Waals surface area contributed by atoms with E-state index in [-0.39, 0.29) is 6.04 Å². The van der Waals surface area contributed by atoms with Crippen LogP contribution in [0.25, 0.3) is 11.4 Å². The zero-order valence-electron chi connectivity index (χ0n) is 11.4. The van der Waals surface area contributed by atoms with Crippen LogP contribution in [0.3, 0.4) is 0 Å². The zero-order chi connectivity index (χ0) is 14.1. The van der Waals surface area contributed by atoms with Crippen molar-refractivity contribution in [2.24, 2.45) is 0 Å². The Morgan fingerprint density at radius 2 is 1.95 bits per heavy atom. The first-order valence-corrected chi connectivity index (χ1v) is 6.97. The maximum absolute atomic E-state index is 5.47. The fourth-order valence-electron chi connectivity index (χ4n) is 2.70. The lowest BCUT2D eigenvalue weighted by molar-refractivity contribution is 0.344. The first kappa shape index (κ1) is 12.2. The molecule has 1 aromatic carbocycles. The molecule has 104 valence electrons. The molecule has 1 N–H and O–H groups in total. The van der Waals surface area contributed by atoms with Crippen LogP contribution in [0.2, 0.25) is 0 Å². The van der Waals surface area contributed by atoms with Gasteiger partial charge in [0.2, 0.25) is 11.7 Å². The predicted octanol–water partition coefficient (Wildman–Crippen LogP) is 2.37. The lowest BCUT2D eigenvalue weighted by Gasteiger charge is -2.23. The summed E-state index contributed by atoms with van der Waals surface area (Å²) in [5, 5.41) is 7.53. The third-order valence-corrected chi connectivity index (χ3v) is 3.74. The van der Waals surface area contributed by atoms with Crippen molar-refractivity contribution in [1.82, 2.24) is 20.4 Å². The Morgan fingerprint density at radius 1 is 1.10 bits per heavy atom. The van der Waals surface area contributed by atoms with Gasteiger partial charge in [0.1, 0.15) is 6.04 Å². The number of nitrogens with zero attached hydrogens (tertiary/aromatic N) is 3. The molecule has 21 heavy (non-hydrogen) atoms. The molecule has 1 aliphatic heterocycles. The van der Waals surface area contributed by atoms with Crippen LogP contribution >= 0.6 is 0 Å². The Hall–Kier alpha value is -2.53. The minimum Gasteiger partial charge on any atom is -0.337 e. The second-order valence-corrected chi connectivity index (χ2v) is 5.03. The molecule has 1 aliphatic rings. The van der Waals surface area contributed by atoms with Gasteiger partial charge in [0.15, 0.2) is 0 Å². The first-order valence-electron chi connectivity index (χ1n) is 6.97. The highest BCUT2D eigenvalue weighted by Crippen LogP contribution is 2.28. The molecular formula is C16H14N4O. The SMILES string of the molecule is c1ccc2c(c1)CCNC2c1nc(-c2ccncc2)no1. The lowest BCUT2D eigenvalue weighted by atomic mass is 9.94. The Morgan fingerprint density at radius 3 is 2.86 bits per heavy atom. The molecule has 3 aromatic rings. The van der Waals surface area contributed by atoms with Crippen molar-refractivity contribution >= 4 is 0 Å². The Labute approximate surface area is 122 Å². The first-order chi connectivity index (χ1) is 10.4. The highest BCUT2D eigenvalue weighted by molar-refractivity contribution is 5.53. The monoisotopic (exact) mass is 278 g/mol. The number of fused-ring (bicyclic) bond motifs is 1. The van der Waals surface area contributed by atoms with Crippen LogP contribution in [0.15, 0.2) is 53.3 Å². The molecule has 0 saturated heterocycles. The van der Waals surface area contributed by atoms with Crippen LogP contribution < -0.4 is 5.32 Å². The number of aromatic nitrogens is 3. The van der Waals surface area contributed by atoms with Crippen molar-refractivity contribution in [3.63, 3.8) is 0 Å². The van der Waals surface area contributed by atoms with E-state index in [9.17, 15) is 0 Å². The molecule has 2 aromatic heterocycles. The fourth-order valence-corrected chi connectivity index (χ4v) is 2.70. The van der Waals surface area contributed by atoms with Gasteiger partial charge in [0.05, 0.1) is 0 Å². The van der Waals surface area contributed by atoms with Gasteiger partial charge < -0.3 is 9.84 Å². The summed E-state index contributed by atoms with van der Waals surface area (Å²) in [5.74, 6) is 1.20. The summed E-state index contributed by atoms with van der Waals surface area (Å²) < 4.78 is 5.47. The molecule has 1 unspecified atom stereocenters. The molecule has 0 aliphatic carbocycles. The second kappa shape index (κ2) is 5.10. The molecule has 4 rings (SSSR count). The Balaban J connectivity index is 1.71. The van der Waals surface area contributed by atoms with Crippen molar-refractivity contribution < 1.29 is 4.52 Å². The third-order valence-electron chi connectivity index (χ3n) is 3.74. The van der Waals surface area contributed by atoms with E-state index in [1.54, 1.807) is 12.4 Å². The number of hydrogen-bond acceptors (Lipinski definition) is 5. The molecule has 0 bridgehead atoms. The smallest absolute Gasteiger partial charge is 0.248 e. The molecule has 5 heteroatoms. The van der Waals surface area contributed by atoms with Crippen LogP contribution in [-0.2, 0) is 6.42 Å². The van der Waals surface area contributed by atoms with Crippen LogP contribution in [0, 0.1) is 0 Å². The quantitative estimate of drug-likeness (QED) is 0.779. The van der Waals surface area contributed by atoms with Crippen molar-refractivity contribution in [2.45, 2.75) is 12.5 Å². The Kier molecular flexibility index (Phi) is 2.97. The van der Waals surface area contributed by atoms with Gasteiger partial charge in [0, 0.05) is 24.5 Å². The van der Waals surface area contributed by atoms with Crippen molar-refractivity contribution in [3.8, 4) is 11.4 Å². The highest BCUT2D eigenvalue weighted by atomic mass is 16.5. The molecule has 0 radical (unpaired) electrons. The summed E-state index contributed by atoms with van der Waals surface area (Å²) in [4.78, 5) is 8.53. The maximum Gasteiger partial charge on any atom is 0.248 e. The van der Waals surface area contributed by atoms with E-state index in [4.69, 9.17) is 4.52 Å². The normalized spacial score (nSPS) is 17.4. The summed E-state index contributed by atoms with van der Waals surface area (Å²) in [6, 6.07) is 12.1. The molecule has 5 nitrogen and oxygen atoms in total. The minimum absolute atomic E-state index is 0.0296. The number of nitrogens with one attached hydrogen (secondary N) is 1. The van der Waals surface area contributed by atoms with Crippen molar-refractivity contribution in [2.75, 3.05) is 6.54 Å². The Bertz CT molecular complexity index is 754. The second-order valence-electron chi connectivity index (χ2n) is 5.03. The third kappa shape index (κ3) is 2.21. The molecular weight excluding hydrogens is 264 g/mol. The molecule has 1 atom stereocenters. The number of hydrogen-bond donors (Lipinski definition) is 1. The van der Waals surface area contributed by atoms with Gasteiger partial charge >= 0.3 is 0 Å². The summed E-state index contributed by atoms with van der Waals surface area (Å²) in [6.45, 7) is 0.911. The van der Waals surface area contributed by atoms with E-state index in [0.29, 0.717) is 11.7 Å². The standard InChI is InChI=1S/C16H14N4O/c1-2-4-13-11(3-1)7-10-18-14(13)16-19-15(20-21-16)12-5-8-17-9-6-12/h1-6,8-9,14,18H,7,10H2. The average Bonchev–Trinajstić information content (AvgIpc) is 3.05. The molecule has 0 amide bonds. The maximum atomic E-state index is 5.47. The molecule has 0 spiro atoms. The van der Waals surface area contributed by atoms with E-state index < -0.39 is 0 Å². The number of rotatable bonds is 2. The van der Waals surface area contributed by atoms with E-state index in [1.165, 1.54) is 11.1 Å². The van der Waals surface area contributed by atoms with Gasteiger partial charge in [-0.2, -0.15) is 4.98 Å². The van der Waals surface area contributed by atoms with Gasteiger partial charge in [-0.15, -0.1) is 0 Å². The number of pyridine rings is 1. The summed E-state index contributed by atoms with van der Waals surface area (Å²) in [6.07, 6.45) is 4.47. The topological polar surface area (TPSA) is 63.8 Å². The zero-order valence-corrected chi connectivity index (χ0v) is 11.4. The van der Waals surface area contributed by atoms with Gasteiger partial charge in [-0.3, -0.25) is 4.98 Å². The van der Waals surface area contributed by atoms with E-state index in [1.807, 2.05) is 18.2 Å². The molecule has 0 saturated carbocycles. The summed E-state index contributed by atoms with van der Waals surface area (Å²) >= 11 is 0. The van der Waals surface area contributed by atoms with Gasteiger partial charge in [0.25, 0.3) is 0 Å². The van der Waals surface area contributed by atoms with Crippen molar-refractivity contribution in [3.05, 3.63) is 65.8 Å². The minimum atomic E-state index is -0.0296. The van der Waals surface area contributed by atoms with E-state index in [0.717, 1.165) is 18.5 Å². The largest absolute Gasteiger partial charge is 0.337 e. The van der Waals surface area contributed by atoms with Crippen LogP contribution in [0.5, 0.6) is 0 Å². The molecule has 3 heterocycles. The van der Waals surface area contributed by atoms with Crippen LogP contribution in [0.4, 0.5) is 0 Å². The van der Waals surface area contributed by atoms with E-state index in [2.05, 4.69) is 38.6 Å². The highest BCUT2D eigenvalue weighted by Gasteiger charge is 2.26. The van der Waals surface area contributed by atoms with Gasteiger partial charge in [-0.05, 0) is 29.7 Å². The van der Waals surface area contributed by atoms with E-state index >= 15 is 0 Å². The predicted molar refractivity (Wildman–Crippen MR) is 77.5 cm³/mol. The molecule has 0 fully saturated rings. The van der Waals surface area contributed by atoms with Crippen LogP contribution in [-0.4, -0.2) is 21.7 Å². The average molecular weight is 278 g/mol. The summed E-state index contributed by atoms with van der Waals surface area (Å²) in [5.41, 5.74) is 3.46. The summed E-state index contributed by atoms with van der Waals surface area (Å²) in [7, 11) is 0. The fraction of sp³-hybridized carbons (Fsp3) is 0.188.